The number of nitrogens with one attached hydrogen (secondary N) is 1. The van der Waals surface area contributed by atoms with Gasteiger partial charge in [0.2, 0.25) is 6.79 Å². The Kier molecular flexibility index (Phi) is 3.69. The lowest BCUT2D eigenvalue weighted by Gasteiger charge is -2.26. The number of imide groups is 2. The van der Waals surface area contributed by atoms with Crippen LogP contribution in [0.5, 0.6) is 11.5 Å². The van der Waals surface area contributed by atoms with Gasteiger partial charge in [-0.2, -0.15) is 0 Å². The van der Waals surface area contributed by atoms with Crippen LogP contribution in [0.2, 0.25) is 0 Å². The predicted molar refractivity (Wildman–Crippen MR) is 92.7 cm³/mol. The molecule has 2 aliphatic heterocycles. The lowest BCUT2D eigenvalue weighted by atomic mass is 10.1. The highest BCUT2D eigenvalue weighted by Gasteiger charge is 2.37. The number of carbonyl (C=O) groups excluding carboxylic acids is 3. The highest BCUT2D eigenvalue weighted by atomic mass is 16.7. The second-order valence-corrected chi connectivity index (χ2v) is 5.91. The van der Waals surface area contributed by atoms with Gasteiger partial charge in [-0.1, -0.05) is 29.8 Å². The fraction of sp³-hybridized carbons (Fsp3) is 0.105. The number of barbiturate groups is 1. The highest BCUT2D eigenvalue weighted by Crippen LogP contribution is 2.36. The van der Waals surface area contributed by atoms with E-state index in [9.17, 15) is 14.4 Å². The number of nitrogens with zero attached hydrogens (tertiary/aromatic N) is 1. The molecule has 0 spiro atoms. The molecule has 0 unspecified atom stereocenters. The number of rotatable bonds is 2. The Hall–Kier alpha value is -3.61. The number of benzene rings is 2. The smallest absolute Gasteiger partial charge is 0.335 e. The summed E-state index contributed by atoms with van der Waals surface area (Å²) in [4.78, 5) is 38.2. The van der Waals surface area contributed by atoms with Crippen molar-refractivity contribution in [2.45, 2.75) is 6.92 Å². The van der Waals surface area contributed by atoms with Crippen molar-refractivity contribution in [2.75, 3.05) is 11.7 Å². The second-order valence-electron chi connectivity index (χ2n) is 5.91. The van der Waals surface area contributed by atoms with E-state index in [0.29, 0.717) is 22.7 Å². The molecule has 0 radical (unpaired) electrons. The van der Waals surface area contributed by atoms with E-state index >= 15 is 0 Å². The minimum atomic E-state index is -0.805. The van der Waals surface area contributed by atoms with Crippen LogP contribution in [0.3, 0.4) is 0 Å². The fourth-order valence-corrected chi connectivity index (χ4v) is 2.84. The third-order valence-electron chi connectivity index (χ3n) is 4.07. The summed E-state index contributed by atoms with van der Waals surface area (Å²) in [7, 11) is 0. The molecule has 2 aliphatic rings. The predicted octanol–water partition coefficient (Wildman–Crippen LogP) is 2.39. The summed E-state index contributed by atoms with van der Waals surface area (Å²) >= 11 is 0. The van der Waals surface area contributed by atoms with E-state index < -0.39 is 17.8 Å². The minimum Gasteiger partial charge on any atom is -0.454 e. The standard InChI is InChI=1S/C19H14N2O5/c1-11-3-2-4-12(7-11)8-14-17(22)20-19(24)21(18(14)23)13-5-6-15-16(9-13)26-10-25-15/h2-9H,10H2,1H3,(H,20,22,24)/b14-8+. The largest absolute Gasteiger partial charge is 0.454 e. The number of fused-ring (bicyclic) bond motifs is 1. The van der Waals surface area contributed by atoms with E-state index in [1.165, 1.54) is 12.1 Å². The highest BCUT2D eigenvalue weighted by molar-refractivity contribution is 6.39. The molecule has 0 aliphatic carbocycles. The molecule has 0 atom stereocenters. The SMILES string of the molecule is Cc1cccc(/C=C2\C(=O)NC(=O)N(c3ccc4c(c3)OCO4)C2=O)c1. The normalized spacial score (nSPS) is 17.7. The Morgan fingerprint density at radius 3 is 2.65 bits per heavy atom. The molecule has 0 bridgehead atoms. The van der Waals surface area contributed by atoms with Gasteiger partial charge in [-0.05, 0) is 30.7 Å². The summed E-state index contributed by atoms with van der Waals surface area (Å²) in [6.07, 6.45) is 1.47. The summed E-state index contributed by atoms with van der Waals surface area (Å²) < 4.78 is 10.5. The summed E-state index contributed by atoms with van der Waals surface area (Å²) in [6, 6.07) is 11.3. The van der Waals surface area contributed by atoms with Crippen LogP contribution in [-0.2, 0) is 9.59 Å². The van der Waals surface area contributed by atoms with Gasteiger partial charge in [-0.3, -0.25) is 14.9 Å². The molecule has 2 heterocycles. The van der Waals surface area contributed by atoms with Gasteiger partial charge in [-0.15, -0.1) is 0 Å². The second kappa shape index (κ2) is 6.03. The van der Waals surface area contributed by atoms with Gasteiger partial charge < -0.3 is 9.47 Å². The molecule has 2 aromatic rings. The number of urea groups is 1. The lowest BCUT2D eigenvalue weighted by molar-refractivity contribution is -0.122. The van der Waals surface area contributed by atoms with Gasteiger partial charge >= 0.3 is 6.03 Å². The first-order chi connectivity index (χ1) is 12.5. The number of hydrogen-bond donors (Lipinski definition) is 1. The van der Waals surface area contributed by atoms with Crippen LogP contribution in [0.4, 0.5) is 10.5 Å². The molecule has 0 aromatic heterocycles. The van der Waals surface area contributed by atoms with Crippen molar-refractivity contribution >= 4 is 29.6 Å². The summed E-state index contributed by atoms with van der Waals surface area (Å²) in [5.74, 6) is -0.452. The number of hydrogen-bond acceptors (Lipinski definition) is 5. The molecular weight excluding hydrogens is 336 g/mol. The number of aryl methyl sites for hydroxylation is 1. The third-order valence-corrected chi connectivity index (χ3v) is 4.07. The molecule has 2 aromatic carbocycles. The quantitative estimate of drug-likeness (QED) is 0.664. The molecule has 0 saturated carbocycles. The molecule has 26 heavy (non-hydrogen) atoms. The molecular formula is C19H14N2O5. The van der Waals surface area contributed by atoms with Crippen LogP contribution in [0.1, 0.15) is 11.1 Å². The average Bonchev–Trinajstić information content (AvgIpc) is 3.06. The number of ether oxygens (including phenoxy) is 2. The Bertz CT molecular complexity index is 980. The van der Waals surface area contributed by atoms with Gasteiger partial charge in [0.15, 0.2) is 11.5 Å². The van der Waals surface area contributed by atoms with E-state index in [4.69, 9.17) is 9.47 Å². The summed E-state index contributed by atoms with van der Waals surface area (Å²) in [5.41, 5.74) is 1.86. The van der Waals surface area contributed by atoms with Crippen molar-refractivity contribution in [3.8, 4) is 11.5 Å². The van der Waals surface area contributed by atoms with Crippen molar-refractivity contribution < 1.29 is 23.9 Å². The van der Waals surface area contributed by atoms with E-state index in [2.05, 4.69) is 5.32 Å². The first kappa shape index (κ1) is 15.9. The van der Waals surface area contributed by atoms with E-state index in [-0.39, 0.29) is 12.4 Å². The Morgan fingerprint density at radius 2 is 1.85 bits per heavy atom. The van der Waals surface area contributed by atoms with Crippen LogP contribution in [-0.4, -0.2) is 24.6 Å². The molecule has 130 valence electrons. The zero-order valence-corrected chi connectivity index (χ0v) is 13.8. The van der Waals surface area contributed by atoms with Crippen molar-refractivity contribution in [3.05, 3.63) is 59.2 Å². The van der Waals surface area contributed by atoms with Gasteiger partial charge in [0.25, 0.3) is 11.8 Å². The number of carbonyl (C=O) groups is 3. The summed E-state index contributed by atoms with van der Waals surface area (Å²) in [6.45, 7) is 1.99. The van der Waals surface area contributed by atoms with Crippen LogP contribution in [0.25, 0.3) is 6.08 Å². The van der Waals surface area contributed by atoms with Crippen molar-refractivity contribution in [1.82, 2.24) is 5.32 Å². The molecule has 7 nitrogen and oxygen atoms in total. The van der Waals surface area contributed by atoms with Gasteiger partial charge in [0.05, 0.1) is 5.69 Å². The average molecular weight is 350 g/mol. The van der Waals surface area contributed by atoms with Crippen molar-refractivity contribution in [3.63, 3.8) is 0 Å². The number of amides is 4. The van der Waals surface area contributed by atoms with Crippen LogP contribution in [0, 0.1) is 6.92 Å². The molecule has 4 rings (SSSR count). The van der Waals surface area contributed by atoms with Crippen LogP contribution < -0.4 is 19.7 Å². The molecule has 4 amide bonds. The fourth-order valence-electron chi connectivity index (χ4n) is 2.84. The maximum Gasteiger partial charge on any atom is 0.335 e. The van der Waals surface area contributed by atoms with Crippen LogP contribution in [0.15, 0.2) is 48.0 Å². The topological polar surface area (TPSA) is 84.9 Å². The van der Waals surface area contributed by atoms with Crippen molar-refractivity contribution in [1.29, 1.82) is 0 Å². The number of anilines is 1. The van der Waals surface area contributed by atoms with Gasteiger partial charge in [0.1, 0.15) is 5.57 Å². The summed E-state index contributed by atoms with van der Waals surface area (Å²) in [5, 5.41) is 2.20. The van der Waals surface area contributed by atoms with Gasteiger partial charge in [-0.25, -0.2) is 9.69 Å². The Balaban J connectivity index is 1.73. The maximum atomic E-state index is 12.8. The minimum absolute atomic E-state index is 0.0793. The molecule has 7 heteroatoms. The van der Waals surface area contributed by atoms with E-state index in [1.807, 2.05) is 25.1 Å². The van der Waals surface area contributed by atoms with E-state index in [0.717, 1.165) is 10.5 Å². The van der Waals surface area contributed by atoms with E-state index in [1.54, 1.807) is 18.2 Å². The molecule has 1 saturated heterocycles. The lowest BCUT2D eigenvalue weighted by Crippen LogP contribution is -2.54. The Labute approximate surface area is 148 Å². The Morgan fingerprint density at radius 1 is 1.04 bits per heavy atom. The zero-order chi connectivity index (χ0) is 18.3. The maximum absolute atomic E-state index is 12.8. The monoisotopic (exact) mass is 350 g/mol. The third kappa shape index (κ3) is 2.69. The van der Waals surface area contributed by atoms with Crippen LogP contribution >= 0.6 is 0 Å². The zero-order valence-electron chi connectivity index (χ0n) is 13.8. The molecule has 1 N–H and O–H groups in total. The van der Waals surface area contributed by atoms with Gasteiger partial charge in [0, 0.05) is 6.07 Å². The van der Waals surface area contributed by atoms with Crippen molar-refractivity contribution in [2.24, 2.45) is 0 Å². The first-order valence-corrected chi connectivity index (χ1v) is 7.91. The molecule has 1 fully saturated rings. The first-order valence-electron chi connectivity index (χ1n) is 7.91.